The van der Waals surface area contributed by atoms with Crippen LogP contribution in [0.2, 0.25) is 0 Å². The molecule has 0 atom stereocenters. The van der Waals surface area contributed by atoms with Gasteiger partial charge in [0.1, 0.15) is 0 Å². The van der Waals surface area contributed by atoms with E-state index in [1.54, 1.807) is 6.92 Å². The average Bonchev–Trinajstić information content (AvgIpc) is 1.97. The summed E-state index contributed by atoms with van der Waals surface area (Å²) >= 11 is 0. The number of amides is 1. The standard InChI is InChI=1S/C8H11F2NO/c1-3-6(2)7(12)11-4-8(9,10)5-11/h2-5H2,1H3. The number of halogens is 2. The zero-order valence-corrected chi connectivity index (χ0v) is 6.94. The fraction of sp³-hybridized carbons (Fsp3) is 0.625. The number of rotatable bonds is 2. The number of hydrogen-bond acceptors (Lipinski definition) is 1. The lowest BCUT2D eigenvalue weighted by molar-refractivity contribution is -0.161. The zero-order chi connectivity index (χ0) is 9.35. The normalized spacial score (nSPS) is 20.1. The Bertz CT molecular complexity index is 217. The van der Waals surface area contributed by atoms with Crippen molar-refractivity contribution in [1.29, 1.82) is 0 Å². The molecule has 0 spiro atoms. The molecule has 1 saturated heterocycles. The van der Waals surface area contributed by atoms with Crippen LogP contribution in [0.4, 0.5) is 8.78 Å². The van der Waals surface area contributed by atoms with Crippen molar-refractivity contribution in [2.75, 3.05) is 13.1 Å². The van der Waals surface area contributed by atoms with Crippen molar-refractivity contribution >= 4 is 5.91 Å². The van der Waals surface area contributed by atoms with E-state index in [-0.39, 0.29) is 5.91 Å². The van der Waals surface area contributed by atoms with Crippen LogP contribution in [0.25, 0.3) is 0 Å². The van der Waals surface area contributed by atoms with Gasteiger partial charge >= 0.3 is 0 Å². The SMILES string of the molecule is C=C(CC)C(=O)N1CC(F)(F)C1. The largest absolute Gasteiger partial charge is 0.327 e. The van der Waals surface area contributed by atoms with Crippen molar-refractivity contribution in [3.8, 4) is 0 Å². The molecular formula is C8H11F2NO. The molecule has 0 saturated carbocycles. The van der Waals surface area contributed by atoms with E-state index in [9.17, 15) is 13.6 Å². The minimum atomic E-state index is -2.68. The first-order valence-electron chi connectivity index (χ1n) is 3.81. The first kappa shape index (κ1) is 9.16. The summed E-state index contributed by atoms with van der Waals surface area (Å²) < 4.78 is 24.6. The van der Waals surface area contributed by atoms with E-state index in [1.807, 2.05) is 0 Å². The predicted molar refractivity (Wildman–Crippen MR) is 41.0 cm³/mol. The summed E-state index contributed by atoms with van der Waals surface area (Å²) in [6.45, 7) is 4.36. The van der Waals surface area contributed by atoms with Crippen LogP contribution in [-0.4, -0.2) is 29.8 Å². The molecular weight excluding hydrogens is 164 g/mol. The van der Waals surface area contributed by atoms with Gasteiger partial charge in [-0.15, -0.1) is 0 Å². The second-order valence-corrected chi connectivity index (χ2v) is 2.97. The molecule has 68 valence electrons. The van der Waals surface area contributed by atoms with Crippen LogP contribution >= 0.6 is 0 Å². The third kappa shape index (κ3) is 1.62. The first-order chi connectivity index (χ1) is 5.46. The van der Waals surface area contributed by atoms with Gasteiger partial charge in [-0.05, 0) is 6.42 Å². The van der Waals surface area contributed by atoms with Crippen LogP contribution in [0.3, 0.4) is 0 Å². The highest BCUT2D eigenvalue weighted by molar-refractivity contribution is 5.93. The minimum Gasteiger partial charge on any atom is -0.327 e. The van der Waals surface area contributed by atoms with Gasteiger partial charge in [-0.25, -0.2) is 8.78 Å². The average molecular weight is 175 g/mol. The molecule has 1 fully saturated rings. The van der Waals surface area contributed by atoms with E-state index in [1.165, 1.54) is 0 Å². The van der Waals surface area contributed by atoms with Crippen molar-refractivity contribution in [3.05, 3.63) is 12.2 Å². The van der Waals surface area contributed by atoms with Crippen LogP contribution < -0.4 is 0 Å². The summed E-state index contributed by atoms with van der Waals surface area (Å²) in [5.74, 6) is -3.02. The van der Waals surface area contributed by atoms with Crippen molar-refractivity contribution in [2.45, 2.75) is 19.3 Å². The fourth-order valence-electron chi connectivity index (χ4n) is 1.03. The van der Waals surface area contributed by atoms with Gasteiger partial charge in [0, 0.05) is 5.57 Å². The third-order valence-corrected chi connectivity index (χ3v) is 1.86. The maximum absolute atomic E-state index is 12.3. The van der Waals surface area contributed by atoms with Gasteiger partial charge in [-0.2, -0.15) is 0 Å². The number of alkyl halides is 2. The molecule has 12 heavy (non-hydrogen) atoms. The summed E-state index contributed by atoms with van der Waals surface area (Å²) in [6, 6.07) is 0. The van der Waals surface area contributed by atoms with Crippen molar-refractivity contribution in [1.82, 2.24) is 4.90 Å². The lowest BCUT2D eigenvalue weighted by Crippen LogP contribution is -2.58. The predicted octanol–water partition coefficient (Wildman–Crippen LogP) is 1.43. The van der Waals surface area contributed by atoms with Crippen LogP contribution in [0.5, 0.6) is 0 Å². The topological polar surface area (TPSA) is 20.3 Å². The van der Waals surface area contributed by atoms with E-state index in [0.29, 0.717) is 12.0 Å². The molecule has 1 heterocycles. The summed E-state index contributed by atoms with van der Waals surface area (Å²) in [7, 11) is 0. The Morgan fingerprint density at radius 2 is 2.08 bits per heavy atom. The molecule has 0 aromatic rings. The van der Waals surface area contributed by atoms with Gasteiger partial charge in [-0.3, -0.25) is 4.79 Å². The second-order valence-electron chi connectivity index (χ2n) is 2.97. The van der Waals surface area contributed by atoms with Crippen molar-refractivity contribution in [2.24, 2.45) is 0 Å². The van der Waals surface area contributed by atoms with Gasteiger partial charge in [-0.1, -0.05) is 13.5 Å². The lowest BCUT2D eigenvalue weighted by Gasteiger charge is -2.38. The molecule has 0 N–H and O–H groups in total. The lowest BCUT2D eigenvalue weighted by atomic mass is 10.1. The fourth-order valence-corrected chi connectivity index (χ4v) is 1.03. The number of carbonyl (C=O) groups is 1. The monoisotopic (exact) mass is 175 g/mol. The third-order valence-electron chi connectivity index (χ3n) is 1.86. The molecule has 0 aliphatic carbocycles. The minimum absolute atomic E-state index is 0.344. The van der Waals surface area contributed by atoms with Gasteiger partial charge < -0.3 is 4.90 Å². The Hall–Kier alpha value is -0.930. The maximum Gasteiger partial charge on any atom is 0.282 e. The highest BCUT2D eigenvalue weighted by Crippen LogP contribution is 2.27. The number of likely N-dealkylation sites (tertiary alicyclic amines) is 1. The zero-order valence-electron chi connectivity index (χ0n) is 6.94. The highest BCUT2D eigenvalue weighted by atomic mass is 19.3. The smallest absolute Gasteiger partial charge is 0.282 e. The summed E-state index contributed by atoms with van der Waals surface area (Å²) in [4.78, 5) is 12.3. The molecule has 1 amide bonds. The van der Waals surface area contributed by atoms with E-state index in [2.05, 4.69) is 6.58 Å². The highest BCUT2D eigenvalue weighted by Gasteiger charge is 2.46. The van der Waals surface area contributed by atoms with E-state index >= 15 is 0 Å². The summed E-state index contributed by atoms with van der Waals surface area (Å²) in [5.41, 5.74) is 0.394. The van der Waals surface area contributed by atoms with E-state index < -0.39 is 19.0 Å². The van der Waals surface area contributed by atoms with E-state index in [4.69, 9.17) is 0 Å². The summed E-state index contributed by atoms with van der Waals surface area (Å²) in [5, 5.41) is 0. The van der Waals surface area contributed by atoms with Crippen molar-refractivity contribution in [3.63, 3.8) is 0 Å². The Balaban J connectivity index is 2.43. The van der Waals surface area contributed by atoms with Crippen LogP contribution in [0.1, 0.15) is 13.3 Å². The maximum atomic E-state index is 12.3. The molecule has 0 aromatic carbocycles. The number of nitrogens with zero attached hydrogens (tertiary/aromatic N) is 1. The number of carbonyl (C=O) groups excluding carboxylic acids is 1. The van der Waals surface area contributed by atoms with Crippen molar-refractivity contribution < 1.29 is 13.6 Å². The van der Waals surface area contributed by atoms with Crippen LogP contribution in [0.15, 0.2) is 12.2 Å². The van der Waals surface area contributed by atoms with Crippen LogP contribution in [0, 0.1) is 0 Å². The Labute approximate surface area is 69.9 Å². The molecule has 0 aromatic heterocycles. The molecule has 1 rings (SSSR count). The van der Waals surface area contributed by atoms with Crippen LogP contribution in [-0.2, 0) is 4.79 Å². The quantitative estimate of drug-likeness (QED) is 0.581. The second kappa shape index (κ2) is 2.84. The van der Waals surface area contributed by atoms with E-state index in [0.717, 1.165) is 4.90 Å². The molecule has 0 unspecified atom stereocenters. The van der Waals surface area contributed by atoms with Gasteiger partial charge in [0.25, 0.3) is 5.92 Å². The van der Waals surface area contributed by atoms with Gasteiger partial charge in [0.05, 0.1) is 13.1 Å². The number of hydrogen-bond donors (Lipinski definition) is 0. The Kier molecular flexibility index (Phi) is 2.17. The Morgan fingerprint density at radius 3 is 2.42 bits per heavy atom. The molecule has 0 bridgehead atoms. The molecule has 1 aliphatic heterocycles. The molecule has 1 aliphatic rings. The molecule has 0 radical (unpaired) electrons. The Morgan fingerprint density at radius 1 is 1.58 bits per heavy atom. The summed E-state index contributed by atoms with van der Waals surface area (Å²) in [6.07, 6.45) is 0.515. The van der Waals surface area contributed by atoms with Gasteiger partial charge in [0.15, 0.2) is 0 Å². The molecule has 4 heteroatoms. The molecule has 2 nitrogen and oxygen atoms in total. The first-order valence-corrected chi connectivity index (χ1v) is 3.81. The van der Waals surface area contributed by atoms with Gasteiger partial charge in [0.2, 0.25) is 5.91 Å².